The Labute approximate surface area is 492 Å². The summed E-state index contributed by atoms with van der Waals surface area (Å²) in [6, 6.07) is 31.9. The van der Waals surface area contributed by atoms with E-state index in [1.165, 1.54) is 0 Å². The molecule has 7 rings (SSSR count). The van der Waals surface area contributed by atoms with Gasteiger partial charge in [-0.1, -0.05) is 53.1 Å². The summed E-state index contributed by atoms with van der Waals surface area (Å²) < 4.78 is 39.3. The number of aryl methyl sites for hydroxylation is 3. The summed E-state index contributed by atoms with van der Waals surface area (Å²) in [6.07, 6.45) is 0. The largest absolute Gasteiger partial charge is 0.483 e. The van der Waals surface area contributed by atoms with Gasteiger partial charge in [-0.05, 0) is 135 Å². The number of nitrogens with zero attached hydrogens (tertiary/aromatic N) is 3. The highest BCUT2D eigenvalue weighted by Crippen LogP contribution is 2.35. The van der Waals surface area contributed by atoms with Crippen LogP contribution < -0.4 is 30.2 Å². The van der Waals surface area contributed by atoms with E-state index in [1.807, 2.05) is 98.7 Å². The van der Waals surface area contributed by atoms with E-state index in [1.54, 1.807) is 87.5 Å². The van der Waals surface area contributed by atoms with Gasteiger partial charge in [0, 0.05) is 106 Å². The first-order valence-electron chi connectivity index (χ1n) is 28.6. The summed E-state index contributed by atoms with van der Waals surface area (Å²) in [5.74, 6) is -1.53. The lowest BCUT2D eigenvalue weighted by molar-refractivity contribution is -0.133. The molecule has 18 heteroatoms. The fourth-order valence-electron chi connectivity index (χ4n) is 9.59. The zero-order valence-electron chi connectivity index (χ0n) is 49.7. The molecule has 0 saturated carbocycles. The van der Waals surface area contributed by atoms with Gasteiger partial charge >= 0.3 is 0 Å². The Morgan fingerprint density at radius 2 is 0.560 bits per heavy atom. The third kappa shape index (κ3) is 17.0. The number of rotatable bonds is 21. The van der Waals surface area contributed by atoms with Gasteiger partial charge in [0.1, 0.15) is 17.2 Å². The zero-order valence-corrected chi connectivity index (χ0v) is 49.7. The van der Waals surface area contributed by atoms with Gasteiger partial charge in [0.15, 0.2) is 19.8 Å². The third-order valence-corrected chi connectivity index (χ3v) is 14.4. The van der Waals surface area contributed by atoms with Crippen LogP contribution in [0.5, 0.6) is 17.2 Å². The fourth-order valence-corrected chi connectivity index (χ4v) is 9.59. The van der Waals surface area contributed by atoms with Crippen molar-refractivity contribution in [2.75, 3.05) is 75.0 Å². The minimum absolute atomic E-state index is 0.197. The normalized spacial score (nSPS) is 12.4. The monoisotopic (exact) mass is 1150 g/mol. The zero-order chi connectivity index (χ0) is 60.3. The topological polar surface area (TPSA) is 204 Å². The molecule has 444 valence electrons. The van der Waals surface area contributed by atoms with Crippen LogP contribution in [0.15, 0.2) is 109 Å². The van der Waals surface area contributed by atoms with Crippen molar-refractivity contribution in [1.82, 2.24) is 14.7 Å². The van der Waals surface area contributed by atoms with Gasteiger partial charge in [-0.15, -0.1) is 0 Å². The predicted molar refractivity (Wildman–Crippen MR) is 322 cm³/mol. The maximum atomic E-state index is 14.4. The molecule has 0 radical (unpaired) electrons. The molecule has 0 unspecified atom stereocenters. The summed E-state index contributed by atoms with van der Waals surface area (Å²) in [7, 11) is 0. The molecule has 0 saturated heterocycles. The Balaban J connectivity index is 1.44. The number of amides is 6. The molecule has 0 spiro atoms. The highest BCUT2D eigenvalue weighted by atomic mass is 16.5. The van der Waals surface area contributed by atoms with Crippen LogP contribution in [0, 0.1) is 20.8 Å². The van der Waals surface area contributed by atoms with Crippen molar-refractivity contribution in [2.45, 2.75) is 102 Å². The van der Waals surface area contributed by atoms with Crippen LogP contribution in [0.2, 0.25) is 0 Å². The number of benzene rings is 6. The number of fused-ring (bicyclic) bond motifs is 6. The average Bonchev–Trinajstić information content (AvgIpc) is 3.54. The molecule has 3 N–H and O–H groups in total. The van der Waals surface area contributed by atoms with Crippen LogP contribution in [0.25, 0.3) is 0 Å². The first-order valence-corrected chi connectivity index (χ1v) is 28.6. The van der Waals surface area contributed by atoms with Gasteiger partial charge in [0.05, 0.1) is 39.6 Å². The molecule has 0 aromatic heterocycles. The molecule has 0 atom stereocenters. The molecule has 1 aliphatic rings. The van der Waals surface area contributed by atoms with E-state index in [0.29, 0.717) is 89.7 Å². The molecule has 0 aliphatic carbocycles. The van der Waals surface area contributed by atoms with Crippen LogP contribution >= 0.6 is 0 Å². The summed E-state index contributed by atoms with van der Waals surface area (Å²) >= 11 is 0. The van der Waals surface area contributed by atoms with E-state index in [9.17, 15) is 28.8 Å². The molecule has 0 fully saturated rings. The average molecular weight is 1150 g/mol. The highest BCUT2D eigenvalue weighted by molar-refractivity contribution is 6.06. The number of ether oxygens (including phenoxy) is 6. The molecule has 6 aromatic rings. The number of anilines is 3. The molecule has 6 aromatic carbocycles. The molecule has 1 aliphatic heterocycles. The van der Waals surface area contributed by atoms with Crippen molar-refractivity contribution in [1.29, 1.82) is 0 Å². The summed E-state index contributed by atoms with van der Waals surface area (Å²) in [6.45, 7) is 17.5. The molecular weight excluding hydrogens is 1070 g/mol. The van der Waals surface area contributed by atoms with Crippen molar-refractivity contribution in [3.63, 3.8) is 0 Å². The lowest BCUT2D eigenvalue weighted by Gasteiger charge is -2.24. The Morgan fingerprint density at radius 3 is 0.750 bits per heavy atom. The van der Waals surface area contributed by atoms with E-state index in [2.05, 4.69) is 16.0 Å². The minimum Gasteiger partial charge on any atom is -0.483 e. The summed E-state index contributed by atoms with van der Waals surface area (Å²) in [4.78, 5) is 89.2. The number of nitrogens with one attached hydrogen (secondary N) is 3. The maximum Gasteiger partial charge on any atom is 0.260 e. The lowest BCUT2D eigenvalue weighted by atomic mass is 10.0. The predicted octanol–water partition coefficient (Wildman–Crippen LogP) is 10.6. The maximum absolute atomic E-state index is 14.4. The van der Waals surface area contributed by atoms with Crippen LogP contribution in [0.3, 0.4) is 0 Å². The summed E-state index contributed by atoms with van der Waals surface area (Å²) in [5.41, 5.74) is 7.62. The van der Waals surface area contributed by atoms with Crippen molar-refractivity contribution in [3.05, 3.63) is 176 Å². The van der Waals surface area contributed by atoms with E-state index in [-0.39, 0.29) is 111 Å². The minimum atomic E-state index is -0.453. The van der Waals surface area contributed by atoms with Crippen LogP contribution in [0.4, 0.5) is 17.1 Å². The third-order valence-electron chi connectivity index (χ3n) is 14.4. The van der Waals surface area contributed by atoms with Crippen LogP contribution in [0.1, 0.15) is 123 Å². The van der Waals surface area contributed by atoms with Crippen molar-refractivity contribution >= 4 is 52.5 Å². The van der Waals surface area contributed by atoms with E-state index < -0.39 is 17.7 Å². The standard InChI is InChI=1S/C66H78N6O12/c1-10-70(11-2)58(73)40-82-61-49-28-46(64(76)67-55-22-16-43(7)17-23-55)29-50(61)35-80-37-52-31-48(66(78)69-57-26-20-45(9)21-27-57)33-54(63(52)84-42-60(75)72(14-5)15-6)39-81-38-53-32-47(65(77)68-56-24-18-44(8)19-25-56)30-51(36-79-34-49)62(53)83-41-59(74)71(12-3)13-4/h16-33H,10-15,34-42H2,1-9H3,(H,67,76)(H,68,77)(H,69,78). The second kappa shape index (κ2) is 30.6. The van der Waals surface area contributed by atoms with Crippen molar-refractivity contribution in [2.24, 2.45) is 0 Å². The van der Waals surface area contributed by atoms with Crippen molar-refractivity contribution < 1.29 is 57.2 Å². The number of hydrogen-bond acceptors (Lipinski definition) is 12. The Morgan fingerprint density at radius 1 is 0.357 bits per heavy atom. The number of likely N-dealkylation sites (N-methyl/N-ethyl adjacent to an activating group) is 3. The molecular formula is C66H78N6O12. The van der Waals surface area contributed by atoms with E-state index >= 15 is 0 Å². The second-order valence-electron chi connectivity index (χ2n) is 20.4. The van der Waals surface area contributed by atoms with Crippen molar-refractivity contribution in [3.8, 4) is 17.2 Å². The highest BCUT2D eigenvalue weighted by Gasteiger charge is 2.25. The molecule has 6 amide bonds. The molecule has 84 heavy (non-hydrogen) atoms. The van der Waals surface area contributed by atoms with E-state index in [4.69, 9.17) is 28.4 Å². The van der Waals surface area contributed by atoms with Gasteiger partial charge in [-0.25, -0.2) is 0 Å². The SMILES string of the molecule is CCN(CC)C(=O)COc1c2cc(C(=O)Nc3ccc(C)cc3)cc1COCc1cc(C(=O)Nc3ccc(C)cc3)cc(c1OCC(=O)N(CC)CC)COCc1cc(C(=O)Nc3ccc(C)cc3)cc(c1OCC(=O)N(CC)CC)COC2. The Bertz CT molecular complexity index is 2840. The fraction of sp³-hybridized carbons (Fsp3) is 0.364. The van der Waals surface area contributed by atoms with Crippen LogP contribution in [-0.2, 0) is 68.2 Å². The first kappa shape index (κ1) is 63.0. The number of carbonyl (C=O) groups is 6. The van der Waals surface area contributed by atoms with Gasteiger partial charge in [-0.3, -0.25) is 28.8 Å². The Hall–Kier alpha value is -8.58. The number of carbonyl (C=O) groups excluding carboxylic acids is 6. The summed E-state index contributed by atoms with van der Waals surface area (Å²) in [5, 5.41) is 8.97. The second-order valence-corrected chi connectivity index (χ2v) is 20.4. The van der Waals surface area contributed by atoms with E-state index in [0.717, 1.165) is 16.7 Å². The molecule has 6 bridgehead atoms. The smallest absolute Gasteiger partial charge is 0.260 e. The quantitative estimate of drug-likeness (QED) is 0.0616. The van der Waals surface area contributed by atoms with Gasteiger partial charge in [-0.2, -0.15) is 0 Å². The number of hydrogen-bond donors (Lipinski definition) is 3. The first-order chi connectivity index (χ1) is 40.5. The Kier molecular flexibility index (Phi) is 23.0. The molecule has 1 heterocycles. The van der Waals surface area contributed by atoms with Gasteiger partial charge < -0.3 is 59.1 Å². The van der Waals surface area contributed by atoms with Gasteiger partial charge in [0.25, 0.3) is 35.4 Å². The lowest BCUT2D eigenvalue weighted by Crippen LogP contribution is -2.34. The molecule has 18 nitrogen and oxygen atoms in total. The van der Waals surface area contributed by atoms with Crippen LogP contribution in [-0.4, -0.2) is 109 Å². The van der Waals surface area contributed by atoms with Gasteiger partial charge in [0.2, 0.25) is 0 Å².